The van der Waals surface area contributed by atoms with Crippen molar-refractivity contribution in [1.82, 2.24) is 0 Å². The number of carbonyl (C=O) groups excluding carboxylic acids is 1. The largest absolute Gasteiger partial charge is 0.417 e. The Morgan fingerprint density at radius 2 is 1.94 bits per heavy atom. The van der Waals surface area contributed by atoms with Crippen molar-refractivity contribution >= 4 is 23.2 Å². The van der Waals surface area contributed by atoms with Crippen LogP contribution in [0.5, 0.6) is 5.75 Å². The van der Waals surface area contributed by atoms with Crippen LogP contribution < -0.4 is 20.3 Å². The fourth-order valence-electron chi connectivity index (χ4n) is 4.69. The average Bonchev–Trinajstić information content (AvgIpc) is 3.38. The van der Waals surface area contributed by atoms with Crippen molar-refractivity contribution in [2.24, 2.45) is 0 Å². The predicted molar refractivity (Wildman–Crippen MR) is 130 cm³/mol. The normalized spacial score (nSPS) is 16.5. The summed E-state index contributed by atoms with van der Waals surface area (Å²) in [6, 6.07) is 22.4. The average molecular weight is 428 g/mol. The van der Waals surface area contributed by atoms with Gasteiger partial charge in [-0.3, -0.25) is 5.32 Å². The van der Waals surface area contributed by atoms with Gasteiger partial charge in [0.25, 0.3) is 0 Å². The van der Waals surface area contributed by atoms with E-state index in [-0.39, 0.29) is 0 Å². The number of nitrogens with one attached hydrogen (secondary N) is 2. The van der Waals surface area contributed by atoms with Crippen LogP contribution in [0.15, 0.2) is 66.7 Å². The first kappa shape index (κ1) is 20.4. The summed E-state index contributed by atoms with van der Waals surface area (Å²) in [7, 11) is 0. The summed E-state index contributed by atoms with van der Waals surface area (Å²) >= 11 is 0. The second-order valence-electron chi connectivity index (χ2n) is 8.94. The number of carbonyl (C=O) groups is 1. The topological polar surface area (TPSA) is 53.6 Å². The molecule has 2 N–H and O–H groups in total. The molecule has 3 aromatic carbocycles. The van der Waals surface area contributed by atoms with Crippen LogP contribution in [0.2, 0.25) is 0 Å². The van der Waals surface area contributed by atoms with E-state index in [1.54, 1.807) is 0 Å². The monoisotopic (exact) mass is 427 g/mol. The first-order chi connectivity index (χ1) is 15.6. The lowest BCUT2D eigenvalue weighted by Crippen LogP contribution is -2.27. The summed E-state index contributed by atoms with van der Waals surface area (Å²) in [4.78, 5) is 14.8. The highest BCUT2D eigenvalue weighted by atomic mass is 16.6. The van der Waals surface area contributed by atoms with Crippen molar-refractivity contribution in [3.63, 3.8) is 0 Å². The Balaban J connectivity index is 1.21. The molecule has 0 saturated carbocycles. The van der Waals surface area contributed by atoms with Crippen LogP contribution in [0.4, 0.5) is 21.9 Å². The number of hydrogen-bond acceptors (Lipinski definition) is 4. The van der Waals surface area contributed by atoms with Crippen molar-refractivity contribution in [2.75, 3.05) is 35.2 Å². The number of anilines is 3. The molecule has 0 spiro atoms. The van der Waals surface area contributed by atoms with Crippen molar-refractivity contribution < 1.29 is 9.53 Å². The van der Waals surface area contributed by atoms with Gasteiger partial charge >= 0.3 is 6.09 Å². The molecule has 32 heavy (non-hydrogen) atoms. The zero-order valence-electron chi connectivity index (χ0n) is 18.6. The van der Waals surface area contributed by atoms with Gasteiger partial charge in [-0.05, 0) is 65.4 Å². The maximum absolute atomic E-state index is 12.4. The molecule has 0 aliphatic carbocycles. The minimum absolute atomic E-state index is 0.460. The Morgan fingerprint density at radius 1 is 1.12 bits per heavy atom. The van der Waals surface area contributed by atoms with Crippen LogP contribution in [-0.2, 0) is 6.42 Å². The van der Waals surface area contributed by atoms with Gasteiger partial charge in [0.1, 0.15) is 5.75 Å². The number of rotatable bonds is 5. The van der Waals surface area contributed by atoms with E-state index in [2.05, 4.69) is 59.7 Å². The first-order valence-corrected chi connectivity index (χ1v) is 11.4. The fraction of sp³-hybridized carbons (Fsp3) is 0.296. The lowest BCUT2D eigenvalue weighted by molar-refractivity contribution is 0.215. The number of nitrogens with zero attached hydrogens (tertiary/aromatic N) is 1. The van der Waals surface area contributed by atoms with Crippen LogP contribution in [0.1, 0.15) is 42.4 Å². The molecule has 3 aromatic rings. The molecule has 0 aromatic heterocycles. The zero-order valence-corrected chi connectivity index (χ0v) is 18.6. The highest BCUT2D eigenvalue weighted by Gasteiger charge is 2.27. The SMILES string of the molecule is CC(C)c1ccc(NC(=O)Oc2ccc3c(c2)CCN3CC2CNc3ccccc32)cc1. The molecule has 0 bridgehead atoms. The van der Waals surface area contributed by atoms with Gasteiger partial charge in [-0.2, -0.15) is 0 Å². The highest BCUT2D eigenvalue weighted by molar-refractivity contribution is 5.86. The van der Waals surface area contributed by atoms with E-state index in [0.717, 1.165) is 31.7 Å². The molecule has 2 heterocycles. The minimum atomic E-state index is -0.467. The molecular weight excluding hydrogens is 398 g/mol. The Morgan fingerprint density at radius 3 is 2.75 bits per heavy atom. The molecular formula is C27H29N3O2. The van der Waals surface area contributed by atoms with Gasteiger partial charge in [0.15, 0.2) is 0 Å². The van der Waals surface area contributed by atoms with Gasteiger partial charge < -0.3 is 15.0 Å². The Kier molecular flexibility index (Phi) is 5.48. The lowest BCUT2D eigenvalue weighted by Gasteiger charge is -2.23. The second kappa shape index (κ2) is 8.58. The van der Waals surface area contributed by atoms with E-state index in [9.17, 15) is 4.79 Å². The van der Waals surface area contributed by atoms with Crippen molar-refractivity contribution in [3.8, 4) is 5.75 Å². The molecule has 5 nitrogen and oxygen atoms in total. The molecule has 0 radical (unpaired) electrons. The van der Waals surface area contributed by atoms with Gasteiger partial charge in [-0.1, -0.05) is 44.2 Å². The molecule has 1 amide bonds. The second-order valence-corrected chi connectivity index (χ2v) is 8.94. The van der Waals surface area contributed by atoms with Gasteiger partial charge in [0.2, 0.25) is 0 Å². The van der Waals surface area contributed by atoms with Crippen LogP contribution in [-0.4, -0.2) is 25.7 Å². The van der Waals surface area contributed by atoms with Gasteiger partial charge in [-0.15, -0.1) is 0 Å². The predicted octanol–water partition coefficient (Wildman–Crippen LogP) is 5.99. The van der Waals surface area contributed by atoms with E-state index >= 15 is 0 Å². The number of benzene rings is 3. The summed E-state index contributed by atoms with van der Waals surface area (Å²) in [6.45, 7) is 7.26. The Bertz CT molecular complexity index is 1120. The van der Waals surface area contributed by atoms with Crippen LogP contribution in [0.3, 0.4) is 0 Å². The van der Waals surface area contributed by atoms with Crippen molar-refractivity contribution in [1.29, 1.82) is 0 Å². The third-order valence-corrected chi connectivity index (χ3v) is 6.46. The van der Waals surface area contributed by atoms with Gasteiger partial charge in [0.05, 0.1) is 0 Å². The summed E-state index contributed by atoms with van der Waals surface area (Å²) < 4.78 is 5.56. The summed E-state index contributed by atoms with van der Waals surface area (Å²) in [6.07, 6.45) is 0.498. The van der Waals surface area contributed by atoms with E-state index in [1.165, 1.54) is 28.1 Å². The van der Waals surface area contributed by atoms with Gasteiger partial charge in [-0.25, -0.2) is 4.79 Å². The smallest absolute Gasteiger partial charge is 0.410 e. The summed E-state index contributed by atoms with van der Waals surface area (Å²) in [5.74, 6) is 1.53. The molecule has 2 aliphatic heterocycles. The molecule has 1 unspecified atom stereocenters. The van der Waals surface area contributed by atoms with Crippen LogP contribution in [0, 0.1) is 0 Å². The highest BCUT2D eigenvalue weighted by Crippen LogP contribution is 2.36. The third kappa shape index (κ3) is 4.15. The van der Waals surface area contributed by atoms with Crippen LogP contribution in [0.25, 0.3) is 0 Å². The first-order valence-electron chi connectivity index (χ1n) is 11.4. The number of para-hydroxylation sites is 1. The number of ether oxygens (including phenoxy) is 1. The zero-order chi connectivity index (χ0) is 22.1. The molecule has 5 heteroatoms. The number of fused-ring (bicyclic) bond motifs is 2. The molecule has 0 fully saturated rings. The van der Waals surface area contributed by atoms with E-state index in [0.29, 0.717) is 17.6 Å². The Hall–Kier alpha value is -3.47. The standard InChI is InChI=1S/C27H29N3O2/c1-18(2)19-7-9-22(10-8-19)29-27(31)32-23-11-12-26-20(15-23)13-14-30(26)17-21-16-28-25-6-4-3-5-24(21)25/h3-12,15,18,21,28H,13-14,16-17H2,1-2H3,(H,29,31). The third-order valence-electron chi connectivity index (χ3n) is 6.46. The maximum Gasteiger partial charge on any atom is 0.417 e. The molecule has 5 rings (SSSR count). The molecule has 0 saturated heterocycles. The fourth-order valence-corrected chi connectivity index (χ4v) is 4.69. The van der Waals surface area contributed by atoms with E-state index < -0.39 is 6.09 Å². The number of hydrogen-bond donors (Lipinski definition) is 2. The van der Waals surface area contributed by atoms with Crippen LogP contribution >= 0.6 is 0 Å². The summed E-state index contributed by atoms with van der Waals surface area (Å²) in [5, 5.41) is 6.33. The van der Waals surface area contributed by atoms with Crippen molar-refractivity contribution in [3.05, 3.63) is 83.4 Å². The van der Waals surface area contributed by atoms with E-state index in [1.807, 2.05) is 36.4 Å². The molecule has 164 valence electrons. The minimum Gasteiger partial charge on any atom is -0.410 e. The Labute approximate surface area is 189 Å². The number of amides is 1. The lowest BCUT2D eigenvalue weighted by atomic mass is 10.0. The van der Waals surface area contributed by atoms with Crippen molar-refractivity contribution in [2.45, 2.75) is 32.1 Å². The van der Waals surface area contributed by atoms with Gasteiger partial charge in [0, 0.05) is 42.6 Å². The maximum atomic E-state index is 12.4. The molecule has 1 atom stereocenters. The summed E-state index contributed by atoms with van der Waals surface area (Å²) in [5.41, 5.74) is 7.10. The quantitative estimate of drug-likeness (QED) is 0.525. The molecule has 2 aliphatic rings. The van der Waals surface area contributed by atoms with E-state index in [4.69, 9.17) is 4.74 Å².